The molecule has 2 aromatic rings. The van der Waals surface area contributed by atoms with Crippen LogP contribution in [0.1, 0.15) is 23.3 Å². The van der Waals surface area contributed by atoms with Crippen molar-refractivity contribution < 1.29 is 0 Å². The number of anilines is 1. The van der Waals surface area contributed by atoms with E-state index in [-0.39, 0.29) is 0 Å². The third-order valence-electron chi connectivity index (χ3n) is 3.99. The van der Waals surface area contributed by atoms with E-state index in [1.807, 2.05) is 6.20 Å². The molecule has 2 N–H and O–H groups in total. The number of hydrogen-bond acceptors (Lipinski definition) is 4. The molecule has 1 aromatic heterocycles. The van der Waals surface area contributed by atoms with Crippen molar-refractivity contribution in [2.24, 2.45) is 11.7 Å². The number of piperidine rings is 1. The molecule has 106 valence electrons. The molecule has 0 aliphatic carbocycles. The fourth-order valence-corrected chi connectivity index (χ4v) is 3.65. The van der Waals surface area contributed by atoms with Crippen LogP contribution in [-0.4, -0.2) is 18.1 Å². The van der Waals surface area contributed by atoms with Crippen molar-refractivity contribution in [1.29, 1.82) is 0 Å². The van der Waals surface area contributed by atoms with E-state index in [9.17, 15) is 0 Å². The summed E-state index contributed by atoms with van der Waals surface area (Å²) in [6, 6.07) is 10.8. The maximum atomic E-state index is 5.65. The molecule has 0 spiro atoms. The van der Waals surface area contributed by atoms with E-state index in [0.29, 0.717) is 6.54 Å². The van der Waals surface area contributed by atoms with Gasteiger partial charge in [-0.05, 0) is 30.7 Å². The maximum absolute atomic E-state index is 5.65. The summed E-state index contributed by atoms with van der Waals surface area (Å²) in [5.74, 6) is 0.808. The van der Waals surface area contributed by atoms with Crippen LogP contribution in [0.5, 0.6) is 0 Å². The van der Waals surface area contributed by atoms with Crippen LogP contribution in [0.25, 0.3) is 0 Å². The summed E-state index contributed by atoms with van der Waals surface area (Å²) < 4.78 is 0. The molecule has 0 atom stereocenters. The predicted molar refractivity (Wildman–Crippen MR) is 85.1 cm³/mol. The van der Waals surface area contributed by atoms with Gasteiger partial charge < -0.3 is 10.6 Å². The first kappa shape index (κ1) is 13.6. The Morgan fingerprint density at radius 1 is 1.20 bits per heavy atom. The van der Waals surface area contributed by atoms with Crippen molar-refractivity contribution in [3.63, 3.8) is 0 Å². The zero-order valence-corrected chi connectivity index (χ0v) is 12.5. The summed E-state index contributed by atoms with van der Waals surface area (Å²) >= 11 is 1.73. The summed E-state index contributed by atoms with van der Waals surface area (Å²) in [5, 5.41) is 1.14. The Bertz CT molecular complexity index is 530. The van der Waals surface area contributed by atoms with Crippen molar-refractivity contribution in [1.82, 2.24) is 4.98 Å². The van der Waals surface area contributed by atoms with E-state index in [0.717, 1.165) is 24.1 Å². The molecule has 1 aliphatic rings. The Labute approximate surface area is 124 Å². The van der Waals surface area contributed by atoms with Gasteiger partial charge in [-0.3, -0.25) is 0 Å². The van der Waals surface area contributed by atoms with Gasteiger partial charge in [-0.1, -0.05) is 30.3 Å². The number of nitrogens with two attached hydrogens (primary N) is 1. The molecule has 1 saturated heterocycles. The first-order chi connectivity index (χ1) is 9.85. The van der Waals surface area contributed by atoms with Crippen LogP contribution in [-0.2, 0) is 13.0 Å². The summed E-state index contributed by atoms with van der Waals surface area (Å²) in [7, 11) is 0. The average Bonchev–Trinajstić information content (AvgIpc) is 2.98. The third kappa shape index (κ3) is 3.19. The van der Waals surface area contributed by atoms with Crippen LogP contribution in [0.3, 0.4) is 0 Å². The van der Waals surface area contributed by atoms with Crippen LogP contribution in [0.2, 0.25) is 0 Å². The highest BCUT2D eigenvalue weighted by Gasteiger charge is 2.21. The molecule has 1 aromatic carbocycles. The molecule has 1 aliphatic heterocycles. The highest BCUT2D eigenvalue weighted by Crippen LogP contribution is 2.28. The summed E-state index contributed by atoms with van der Waals surface area (Å²) in [4.78, 5) is 8.06. The van der Waals surface area contributed by atoms with Gasteiger partial charge >= 0.3 is 0 Å². The number of thiazole rings is 1. The SMILES string of the molecule is NCc1cnc(N2CCC(Cc3ccccc3)CC2)s1. The molecular weight excluding hydrogens is 266 g/mol. The fourth-order valence-electron chi connectivity index (χ4n) is 2.81. The molecule has 3 rings (SSSR count). The zero-order valence-electron chi connectivity index (χ0n) is 11.7. The lowest BCUT2D eigenvalue weighted by Gasteiger charge is -2.31. The number of rotatable bonds is 4. The fraction of sp³-hybridized carbons (Fsp3) is 0.438. The Balaban J connectivity index is 1.54. The normalized spacial score (nSPS) is 16.6. The van der Waals surface area contributed by atoms with Crippen LogP contribution in [0.15, 0.2) is 36.5 Å². The van der Waals surface area contributed by atoms with Crippen LogP contribution in [0.4, 0.5) is 5.13 Å². The number of hydrogen-bond donors (Lipinski definition) is 1. The zero-order chi connectivity index (χ0) is 13.8. The Morgan fingerprint density at radius 2 is 1.95 bits per heavy atom. The van der Waals surface area contributed by atoms with Gasteiger partial charge in [0, 0.05) is 30.7 Å². The Kier molecular flexibility index (Phi) is 4.33. The lowest BCUT2D eigenvalue weighted by molar-refractivity contribution is 0.403. The van der Waals surface area contributed by atoms with Gasteiger partial charge in [-0.15, -0.1) is 11.3 Å². The maximum Gasteiger partial charge on any atom is 0.185 e. The monoisotopic (exact) mass is 287 g/mol. The van der Waals surface area contributed by atoms with E-state index in [2.05, 4.69) is 40.2 Å². The molecule has 0 saturated carbocycles. The van der Waals surface area contributed by atoms with Crippen molar-refractivity contribution in [3.8, 4) is 0 Å². The van der Waals surface area contributed by atoms with Crippen molar-refractivity contribution in [2.45, 2.75) is 25.8 Å². The molecule has 2 heterocycles. The molecule has 1 fully saturated rings. The van der Waals surface area contributed by atoms with Gasteiger partial charge in [0.15, 0.2) is 5.13 Å². The van der Waals surface area contributed by atoms with Gasteiger partial charge in [-0.25, -0.2) is 4.98 Å². The highest BCUT2D eigenvalue weighted by molar-refractivity contribution is 7.15. The largest absolute Gasteiger partial charge is 0.348 e. The quantitative estimate of drug-likeness (QED) is 0.939. The minimum Gasteiger partial charge on any atom is -0.348 e. The van der Waals surface area contributed by atoms with Gasteiger partial charge in [0.05, 0.1) is 0 Å². The summed E-state index contributed by atoms with van der Waals surface area (Å²) in [6.45, 7) is 2.84. The third-order valence-corrected chi connectivity index (χ3v) is 5.08. The highest BCUT2D eigenvalue weighted by atomic mass is 32.1. The van der Waals surface area contributed by atoms with Gasteiger partial charge in [0.2, 0.25) is 0 Å². The lowest BCUT2D eigenvalue weighted by Crippen LogP contribution is -2.34. The smallest absolute Gasteiger partial charge is 0.185 e. The van der Waals surface area contributed by atoms with E-state index in [1.54, 1.807) is 11.3 Å². The second-order valence-corrected chi connectivity index (χ2v) is 6.53. The Morgan fingerprint density at radius 3 is 2.60 bits per heavy atom. The van der Waals surface area contributed by atoms with Crippen LogP contribution >= 0.6 is 11.3 Å². The van der Waals surface area contributed by atoms with E-state index < -0.39 is 0 Å². The minimum atomic E-state index is 0.599. The van der Waals surface area contributed by atoms with Crippen LogP contribution in [0, 0.1) is 5.92 Å². The van der Waals surface area contributed by atoms with Gasteiger partial charge in [-0.2, -0.15) is 0 Å². The predicted octanol–water partition coefficient (Wildman–Crippen LogP) is 3.06. The van der Waals surface area contributed by atoms with Gasteiger partial charge in [0.25, 0.3) is 0 Å². The molecule has 0 bridgehead atoms. The first-order valence-corrected chi connectivity index (χ1v) is 8.10. The Hall–Kier alpha value is -1.39. The standard InChI is InChI=1S/C16H21N3S/c17-11-15-12-18-16(20-15)19-8-6-14(7-9-19)10-13-4-2-1-3-5-13/h1-5,12,14H,6-11,17H2. The van der Waals surface area contributed by atoms with Gasteiger partial charge in [0.1, 0.15) is 0 Å². The second-order valence-electron chi connectivity index (χ2n) is 5.43. The molecular formula is C16H21N3S. The number of aromatic nitrogens is 1. The molecule has 20 heavy (non-hydrogen) atoms. The second kappa shape index (κ2) is 6.37. The average molecular weight is 287 g/mol. The van der Waals surface area contributed by atoms with Crippen molar-refractivity contribution in [2.75, 3.05) is 18.0 Å². The molecule has 4 heteroatoms. The van der Waals surface area contributed by atoms with E-state index >= 15 is 0 Å². The van der Waals surface area contributed by atoms with Crippen molar-refractivity contribution in [3.05, 3.63) is 47.0 Å². The van der Waals surface area contributed by atoms with E-state index in [4.69, 9.17) is 5.73 Å². The van der Waals surface area contributed by atoms with Crippen molar-refractivity contribution >= 4 is 16.5 Å². The molecule has 0 unspecified atom stereocenters. The number of benzene rings is 1. The first-order valence-electron chi connectivity index (χ1n) is 7.29. The van der Waals surface area contributed by atoms with E-state index in [1.165, 1.54) is 29.7 Å². The summed E-state index contributed by atoms with van der Waals surface area (Å²) in [5.41, 5.74) is 7.12. The lowest BCUT2D eigenvalue weighted by atomic mass is 9.90. The molecule has 3 nitrogen and oxygen atoms in total. The topological polar surface area (TPSA) is 42.1 Å². The number of nitrogens with zero attached hydrogens (tertiary/aromatic N) is 2. The molecule has 0 amide bonds. The molecule has 0 radical (unpaired) electrons. The minimum absolute atomic E-state index is 0.599. The van der Waals surface area contributed by atoms with Crippen LogP contribution < -0.4 is 10.6 Å². The summed E-state index contributed by atoms with van der Waals surface area (Å²) in [6.07, 6.45) is 5.63.